The molecule has 0 aliphatic carbocycles. The number of benzene rings is 1. The van der Waals surface area contributed by atoms with Crippen LogP contribution >= 0.6 is 0 Å². The van der Waals surface area contributed by atoms with Crippen LogP contribution in [-0.4, -0.2) is 23.4 Å². The van der Waals surface area contributed by atoms with Gasteiger partial charge in [0.2, 0.25) is 5.88 Å². The van der Waals surface area contributed by atoms with Crippen LogP contribution in [-0.2, 0) is 6.61 Å². The second kappa shape index (κ2) is 7.57. The van der Waals surface area contributed by atoms with Crippen LogP contribution < -0.4 is 9.47 Å². The van der Waals surface area contributed by atoms with Gasteiger partial charge in [-0.25, -0.2) is 4.98 Å². The average molecular weight is 334 g/mol. The molecule has 0 bridgehead atoms. The summed E-state index contributed by atoms with van der Waals surface area (Å²) in [5, 5.41) is 0. The van der Waals surface area contributed by atoms with E-state index in [2.05, 4.69) is 9.97 Å². The summed E-state index contributed by atoms with van der Waals surface area (Å²) in [6.45, 7) is 2.33. The molecule has 0 radical (unpaired) electrons. The molecular weight excluding hydrogens is 316 g/mol. The van der Waals surface area contributed by atoms with Crippen molar-refractivity contribution < 1.29 is 14.3 Å². The van der Waals surface area contributed by atoms with Gasteiger partial charge >= 0.3 is 0 Å². The standard InChI is InChI=1S/C20H18N2O3/c1-14-6-3-4-8-17(14)20-15(7-5-9-21-20)13-25-18-11-22-19(24-2)10-16(18)12-23/h3-12H,13H2,1-2H3. The Morgan fingerprint density at radius 3 is 2.72 bits per heavy atom. The third kappa shape index (κ3) is 3.66. The highest BCUT2D eigenvalue weighted by Gasteiger charge is 2.11. The smallest absolute Gasteiger partial charge is 0.213 e. The molecule has 5 heteroatoms. The topological polar surface area (TPSA) is 61.3 Å². The van der Waals surface area contributed by atoms with Crippen LogP contribution in [0.15, 0.2) is 54.9 Å². The van der Waals surface area contributed by atoms with Crippen LogP contribution in [0.25, 0.3) is 11.3 Å². The van der Waals surface area contributed by atoms with Crippen molar-refractivity contribution in [1.29, 1.82) is 0 Å². The molecule has 0 amide bonds. The van der Waals surface area contributed by atoms with Crippen molar-refractivity contribution in [2.24, 2.45) is 0 Å². The Balaban J connectivity index is 1.88. The Labute approximate surface area is 146 Å². The van der Waals surface area contributed by atoms with E-state index in [0.717, 1.165) is 28.7 Å². The van der Waals surface area contributed by atoms with Gasteiger partial charge in [-0.15, -0.1) is 0 Å². The number of hydrogen-bond acceptors (Lipinski definition) is 5. The van der Waals surface area contributed by atoms with E-state index in [4.69, 9.17) is 9.47 Å². The Morgan fingerprint density at radius 2 is 1.96 bits per heavy atom. The molecule has 0 spiro atoms. The fourth-order valence-electron chi connectivity index (χ4n) is 2.55. The maximum atomic E-state index is 11.3. The molecule has 3 aromatic rings. The Bertz CT molecular complexity index is 894. The molecule has 0 aliphatic heterocycles. The van der Waals surface area contributed by atoms with Gasteiger partial charge in [-0.3, -0.25) is 9.78 Å². The van der Waals surface area contributed by atoms with E-state index in [1.165, 1.54) is 13.3 Å². The number of pyridine rings is 2. The molecular formula is C20H18N2O3. The lowest BCUT2D eigenvalue weighted by Crippen LogP contribution is -2.03. The van der Waals surface area contributed by atoms with Crippen molar-refractivity contribution in [2.75, 3.05) is 7.11 Å². The molecule has 5 nitrogen and oxygen atoms in total. The lowest BCUT2D eigenvalue weighted by molar-refractivity contribution is 0.111. The number of carbonyl (C=O) groups is 1. The molecule has 1 aromatic carbocycles. The Hall–Kier alpha value is -3.21. The van der Waals surface area contributed by atoms with Crippen LogP contribution in [0.5, 0.6) is 11.6 Å². The average Bonchev–Trinajstić information content (AvgIpc) is 2.67. The van der Waals surface area contributed by atoms with Crippen LogP contribution in [0.1, 0.15) is 21.5 Å². The highest BCUT2D eigenvalue weighted by molar-refractivity contribution is 5.79. The SMILES string of the molecule is COc1cc(C=O)c(OCc2cccnc2-c2ccccc2C)cn1. The van der Waals surface area contributed by atoms with Crippen molar-refractivity contribution in [2.45, 2.75) is 13.5 Å². The lowest BCUT2D eigenvalue weighted by atomic mass is 10.0. The van der Waals surface area contributed by atoms with E-state index in [0.29, 0.717) is 17.2 Å². The Kier molecular flexibility index (Phi) is 5.04. The van der Waals surface area contributed by atoms with Crippen LogP contribution in [0.2, 0.25) is 0 Å². The van der Waals surface area contributed by atoms with Gasteiger partial charge in [0.25, 0.3) is 0 Å². The van der Waals surface area contributed by atoms with E-state index in [9.17, 15) is 4.79 Å². The molecule has 0 unspecified atom stereocenters. The molecule has 126 valence electrons. The minimum atomic E-state index is 0.284. The first-order valence-electron chi connectivity index (χ1n) is 7.85. The minimum Gasteiger partial charge on any atom is -0.486 e. The molecule has 0 atom stereocenters. The monoisotopic (exact) mass is 334 g/mol. The first-order chi connectivity index (χ1) is 12.2. The molecule has 25 heavy (non-hydrogen) atoms. The first kappa shape index (κ1) is 16.6. The van der Waals surface area contributed by atoms with Crippen LogP contribution in [0, 0.1) is 6.92 Å². The fourth-order valence-corrected chi connectivity index (χ4v) is 2.55. The number of aldehydes is 1. The fraction of sp³-hybridized carbons (Fsp3) is 0.150. The second-order valence-corrected chi connectivity index (χ2v) is 5.50. The quantitative estimate of drug-likeness (QED) is 0.641. The summed E-state index contributed by atoms with van der Waals surface area (Å²) in [6.07, 6.45) is 3.98. The van der Waals surface area contributed by atoms with Crippen LogP contribution in [0.3, 0.4) is 0 Å². The molecule has 0 saturated heterocycles. The highest BCUT2D eigenvalue weighted by Crippen LogP contribution is 2.26. The van der Waals surface area contributed by atoms with E-state index in [-0.39, 0.29) is 6.61 Å². The van der Waals surface area contributed by atoms with Crippen molar-refractivity contribution >= 4 is 6.29 Å². The van der Waals surface area contributed by atoms with Crippen molar-refractivity contribution in [3.63, 3.8) is 0 Å². The number of ether oxygens (including phenoxy) is 2. The van der Waals surface area contributed by atoms with Crippen molar-refractivity contribution in [3.8, 4) is 22.9 Å². The summed E-state index contributed by atoms with van der Waals surface area (Å²) < 4.78 is 10.9. The highest BCUT2D eigenvalue weighted by atomic mass is 16.5. The maximum absolute atomic E-state index is 11.3. The third-order valence-electron chi connectivity index (χ3n) is 3.88. The number of hydrogen-bond donors (Lipinski definition) is 0. The molecule has 0 N–H and O–H groups in total. The summed E-state index contributed by atoms with van der Waals surface area (Å²) in [5.41, 5.74) is 4.40. The van der Waals surface area contributed by atoms with Gasteiger partial charge in [0, 0.05) is 23.4 Å². The number of aryl methyl sites for hydroxylation is 1. The molecule has 0 fully saturated rings. The van der Waals surface area contributed by atoms with E-state index in [1.54, 1.807) is 12.3 Å². The number of carbonyl (C=O) groups excluding carboxylic acids is 1. The second-order valence-electron chi connectivity index (χ2n) is 5.50. The molecule has 0 aliphatic rings. The van der Waals surface area contributed by atoms with Crippen molar-refractivity contribution in [1.82, 2.24) is 9.97 Å². The third-order valence-corrected chi connectivity index (χ3v) is 3.88. The predicted octanol–water partition coefficient (Wildman–Crippen LogP) is 3.85. The van der Waals surface area contributed by atoms with Gasteiger partial charge in [-0.05, 0) is 18.6 Å². The van der Waals surface area contributed by atoms with Gasteiger partial charge in [0.1, 0.15) is 12.4 Å². The van der Waals surface area contributed by atoms with Gasteiger partial charge in [-0.2, -0.15) is 0 Å². The minimum absolute atomic E-state index is 0.284. The first-order valence-corrected chi connectivity index (χ1v) is 7.85. The number of nitrogens with zero attached hydrogens (tertiary/aromatic N) is 2. The van der Waals surface area contributed by atoms with Gasteiger partial charge in [0.15, 0.2) is 6.29 Å². The van der Waals surface area contributed by atoms with E-state index < -0.39 is 0 Å². The summed E-state index contributed by atoms with van der Waals surface area (Å²) in [7, 11) is 1.50. The van der Waals surface area contributed by atoms with Gasteiger partial charge in [0.05, 0.1) is 24.6 Å². The lowest BCUT2D eigenvalue weighted by Gasteiger charge is -2.13. The van der Waals surface area contributed by atoms with Crippen molar-refractivity contribution in [3.05, 3.63) is 71.5 Å². The molecule has 2 heterocycles. The number of rotatable bonds is 6. The summed E-state index contributed by atoms with van der Waals surface area (Å²) in [4.78, 5) is 19.9. The molecule has 2 aromatic heterocycles. The van der Waals surface area contributed by atoms with Gasteiger partial charge < -0.3 is 9.47 Å². The zero-order valence-corrected chi connectivity index (χ0v) is 14.1. The predicted molar refractivity (Wildman–Crippen MR) is 94.9 cm³/mol. The zero-order chi connectivity index (χ0) is 17.6. The van der Waals surface area contributed by atoms with Gasteiger partial charge in [-0.1, -0.05) is 30.3 Å². The largest absolute Gasteiger partial charge is 0.486 e. The Morgan fingerprint density at radius 1 is 1.12 bits per heavy atom. The summed E-state index contributed by atoms with van der Waals surface area (Å²) in [5.74, 6) is 0.784. The number of methoxy groups -OCH3 is 1. The summed E-state index contributed by atoms with van der Waals surface area (Å²) in [6, 6.07) is 13.4. The normalized spacial score (nSPS) is 10.3. The molecule has 3 rings (SSSR count). The van der Waals surface area contributed by atoms with Crippen LogP contribution in [0.4, 0.5) is 0 Å². The van der Waals surface area contributed by atoms with E-state index >= 15 is 0 Å². The maximum Gasteiger partial charge on any atom is 0.213 e. The zero-order valence-electron chi connectivity index (χ0n) is 14.1. The molecule has 0 saturated carbocycles. The number of aromatic nitrogens is 2. The van der Waals surface area contributed by atoms with E-state index in [1.807, 2.05) is 43.3 Å². The summed E-state index contributed by atoms with van der Waals surface area (Å²) >= 11 is 0.